The van der Waals surface area contributed by atoms with E-state index in [0.29, 0.717) is 10.8 Å². The molecule has 1 aliphatic rings. The van der Waals surface area contributed by atoms with Crippen molar-refractivity contribution in [2.75, 3.05) is 0 Å². The quantitative estimate of drug-likeness (QED) is 0.540. The Bertz CT molecular complexity index is 214. The maximum Gasteiger partial charge on any atom is 0.0415 e. The molecule has 102 valence electrons. The van der Waals surface area contributed by atoms with Crippen molar-refractivity contribution < 1.29 is 0 Å². The van der Waals surface area contributed by atoms with E-state index in [2.05, 4.69) is 34.6 Å². The van der Waals surface area contributed by atoms with Crippen LogP contribution in [0.3, 0.4) is 0 Å². The number of alkyl halides is 1. The highest BCUT2D eigenvalue weighted by Crippen LogP contribution is 2.43. The summed E-state index contributed by atoms with van der Waals surface area (Å²) >= 11 is 6.80. The molecule has 0 aliphatic heterocycles. The zero-order valence-corrected chi connectivity index (χ0v) is 13.2. The Hall–Kier alpha value is 0.290. The van der Waals surface area contributed by atoms with Crippen molar-refractivity contribution in [3.63, 3.8) is 0 Å². The zero-order valence-electron chi connectivity index (χ0n) is 12.4. The highest BCUT2D eigenvalue weighted by Gasteiger charge is 2.36. The summed E-state index contributed by atoms with van der Waals surface area (Å²) in [4.78, 5) is 0. The predicted molar refractivity (Wildman–Crippen MR) is 78.6 cm³/mol. The first-order valence-corrected chi connectivity index (χ1v) is 7.94. The van der Waals surface area contributed by atoms with Crippen molar-refractivity contribution in [1.29, 1.82) is 0 Å². The SMILES string of the molecule is CCC(C)CC(C)(C)C(Cl)C1CCC(C)CC1. The van der Waals surface area contributed by atoms with Crippen LogP contribution in [0.2, 0.25) is 0 Å². The van der Waals surface area contributed by atoms with Crippen LogP contribution in [-0.4, -0.2) is 5.38 Å². The molecule has 2 unspecified atom stereocenters. The predicted octanol–water partition coefficient (Wildman–Crippen LogP) is 5.88. The monoisotopic (exact) mass is 258 g/mol. The second-order valence-corrected chi connectivity index (χ2v) is 7.60. The van der Waals surface area contributed by atoms with Crippen LogP contribution >= 0.6 is 11.6 Å². The van der Waals surface area contributed by atoms with Gasteiger partial charge in [-0.25, -0.2) is 0 Å². The molecule has 1 rings (SSSR count). The van der Waals surface area contributed by atoms with Gasteiger partial charge in [0.15, 0.2) is 0 Å². The minimum atomic E-state index is 0.294. The topological polar surface area (TPSA) is 0 Å². The Morgan fingerprint density at radius 1 is 1.18 bits per heavy atom. The van der Waals surface area contributed by atoms with Gasteiger partial charge in [-0.1, -0.05) is 53.9 Å². The molecular weight excluding hydrogens is 228 g/mol. The lowest BCUT2D eigenvalue weighted by Gasteiger charge is -2.40. The van der Waals surface area contributed by atoms with Gasteiger partial charge >= 0.3 is 0 Å². The van der Waals surface area contributed by atoms with E-state index < -0.39 is 0 Å². The molecule has 0 aromatic heterocycles. The zero-order chi connectivity index (χ0) is 13.1. The van der Waals surface area contributed by atoms with Crippen LogP contribution in [0.4, 0.5) is 0 Å². The van der Waals surface area contributed by atoms with Gasteiger partial charge in [0.1, 0.15) is 0 Å². The maximum absolute atomic E-state index is 6.80. The van der Waals surface area contributed by atoms with Gasteiger partial charge in [-0.3, -0.25) is 0 Å². The van der Waals surface area contributed by atoms with Gasteiger partial charge in [-0.05, 0) is 42.4 Å². The largest absolute Gasteiger partial charge is 0.122 e. The lowest BCUT2D eigenvalue weighted by molar-refractivity contribution is 0.176. The summed E-state index contributed by atoms with van der Waals surface area (Å²) < 4.78 is 0. The van der Waals surface area contributed by atoms with Gasteiger partial charge in [0.05, 0.1) is 0 Å². The molecule has 1 heteroatoms. The van der Waals surface area contributed by atoms with E-state index in [1.807, 2.05) is 0 Å². The fraction of sp³-hybridized carbons (Fsp3) is 1.00. The van der Waals surface area contributed by atoms with Gasteiger partial charge in [-0.15, -0.1) is 11.6 Å². The first kappa shape index (κ1) is 15.3. The molecule has 0 spiro atoms. The fourth-order valence-corrected chi connectivity index (χ4v) is 3.71. The third kappa shape index (κ3) is 4.47. The number of rotatable bonds is 5. The molecule has 0 nitrogen and oxygen atoms in total. The average molecular weight is 259 g/mol. The molecule has 2 atom stereocenters. The van der Waals surface area contributed by atoms with Gasteiger partial charge < -0.3 is 0 Å². The van der Waals surface area contributed by atoms with Gasteiger partial charge in [0, 0.05) is 5.38 Å². The molecule has 0 N–H and O–H groups in total. The summed E-state index contributed by atoms with van der Waals surface area (Å²) in [6.45, 7) is 11.8. The molecule has 1 aliphatic carbocycles. The summed E-state index contributed by atoms with van der Waals surface area (Å²) in [5.74, 6) is 2.48. The normalized spacial score (nSPS) is 30.0. The Morgan fingerprint density at radius 3 is 2.18 bits per heavy atom. The third-order valence-electron chi connectivity index (χ3n) is 4.79. The minimum Gasteiger partial charge on any atom is -0.122 e. The van der Waals surface area contributed by atoms with Crippen molar-refractivity contribution in [1.82, 2.24) is 0 Å². The van der Waals surface area contributed by atoms with Crippen molar-refractivity contribution in [2.45, 2.75) is 78.5 Å². The van der Waals surface area contributed by atoms with E-state index in [1.165, 1.54) is 38.5 Å². The second kappa shape index (κ2) is 6.45. The second-order valence-electron chi connectivity index (χ2n) is 7.13. The standard InChI is InChI=1S/C16H31Cl/c1-6-12(2)11-16(4,5)15(17)14-9-7-13(3)8-10-14/h12-15H,6-11H2,1-5H3. The van der Waals surface area contributed by atoms with E-state index in [-0.39, 0.29) is 0 Å². The maximum atomic E-state index is 6.80. The Balaban J connectivity index is 2.52. The molecule has 1 fully saturated rings. The lowest BCUT2D eigenvalue weighted by Crippen LogP contribution is -2.35. The van der Waals surface area contributed by atoms with E-state index in [9.17, 15) is 0 Å². The smallest absolute Gasteiger partial charge is 0.0415 e. The summed E-state index contributed by atoms with van der Waals surface area (Å²) in [6, 6.07) is 0. The van der Waals surface area contributed by atoms with E-state index in [0.717, 1.165) is 17.8 Å². The average Bonchev–Trinajstić information content (AvgIpc) is 2.28. The summed E-state index contributed by atoms with van der Waals surface area (Å²) in [6.07, 6.45) is 8.00. The molecule has 17 heavy (non-hydrogen) atoms. The van der Waals surface area contributed by atoms with Crippen LogP contribution in [0.25, 0.3) is 0 Å². The summed E-state index contributed by atoms with van der Waals surface area (Å²) in [5.41, 5.74) is 0.294. The van der Waals surface area contributed by atoms with Crippen LogP contribution in [0.1, 0.15) is 73.1 Å². The van der Waals surface area contributed by atoms with Crippen LogP contribution in [0.15, 0.2) is 0 Å². The third-order valence-corrected chi connectivity index (χ3v) is 5.74. The lowest BCUT2D eigenvalue weighted by atomic mass is 9.70. The minimum absolute atomic E-state index is 0.294. The van der Waals surface area contributed by atoms with E-state index in [4.69, 9.17) is 11.6 Å². The Morgan fingerprint density at radius 2 is 1.71 bits per heavy atom. The molecule has 0 aromatic rings. The highest BCUT2D eigenvalue weighted by atomic mass is 35.5. The molecule has 1 saturated carbocycles. The number of hydrogen-bond acceptors (Lipinski definition) is 0. The summed E-state index contributed by atoms with van der Waals surface area (Å²) in [5, 5.41) is 0.365. The first-order valence-electron chi connectivity index (χ1n) is 7.51. The molecule has 0 aromatic carbocycles. The van der Waals surface area contributed by atoms with Crippen LogP contribution in [-0.2, 0) is 0 Å². The molecule has 0 saturated heterocycles. The molecule has 0 bridgehead atoms. The van der Waals surface area contributed by atoms with Gasteiger partial charge in [0.25, 0.3) is 0 Å². The molecular formula is C16H31Cl. The number of hydrogen-bond donors (Lipinski definition) is 0. The van der Waals surface area contributed by atoms with Gasteiger partial charge in [0.2, 0.25) is 0 Å². The summed E-state index contributed by atoms with van der Waals surface area (Å²) in [7, 11) is 0. The van der Waals surface area contributed by atoms with Crippen LogP contribution < -0.4 is 0 Å². The van der Waals surface area contributed by atoms with Crippen molar-refractivity contribution in [3.05, 3.63) is 0 Å². The first-order chi connectivity index (χ1) is 7.86. The van der Waals surface area contributed by atoms with Crippen LogP contribution in [0, 0.1) is 23.2 Å². The number of halogens is 1. The Labute approximate surface area is 114 Å². The highest BCUT2D eigenvalue weighted by molar-refractivity contribution is 6.21. The van der Waals surface area contributed by atoms with E-state index in [1.54, 1.807) is 0 Å². The van der Waals surface area contributed by atoms with Gasteiger partial charge in [-0.2, -0.15) is 0 Å². The molecule has 0 heterocycles. The van der Waals surface area contributed by atoms with Crippen LogP contribution in [0.5, 0.6) is 0 Å². The molecule has 0 radical (unpaired) electrons. The van der Waals surface area contributed by atoms with Crippen molar-refractivity contribution in [2.24, 2.45) is 23.2 Å². The Kier molecular flexibility index (Phi) is 5.83. The molecule has 0 amide bonds. The van der Waals surface area contributed by atoms with E-state index >= 15 is 0 Å². The van der Waals surface area contributed by atoms with Crippen molar-refractivity contribution in [3.8, 4) is 0 Å². The van der Waals surface area contributed by atoms with Crippen molar-refractivity contribution >= 4 is 11.6 Å². The fourth-order valence-electron chi connectivity index (χ4n) is 3.37.